The summed E-state index contributed by atoms with van der Waals surface area (Å²) in [6.45, 7) is 2.46. The molecule has 2 aliphatic rings. The highest BCUT2D eigenvalue weighted by Gasteiger charge is 2.37. The number of ether oxygens (including phenoxy) is 1. The topological polar surface area (TPSA) is 32.7 Å². The third-order valence-electron chi connectivity index (χ3n) is 4.91. The van der Waals surface area contributed by atoms with Gasteiger partial charge in [0.1, 0.15) is 0 Å². The van der Waals surface area contributed by atoms with Crippen molar-refractivity contribution in [3.05, 3.63) is 71.3 Å². The Balaban J connectivity index is 1.52. The van der Waals surface area contributed by atoms with Gasteiger partial charge in [-0.05, 0) is 23.1 Å². The summed E-state index contributed by atoms with van der Waals surface area (Å²) >= 11 is 0. The van der Waals surface area contributed by atoms with E-state index in [-0.39, 0.29) is 18.2 Å². The zero-order chi connectivity index (χ0) is 14.9. The lowest BCUT2D eigenvalue weighted by atomic mass is 10.0. The van der Waals surface area contributed by atoms with Gasteiger partial charge >= 0.3 is 0 Å². The van der Waals surface area contributed by atoms with Gasteiger partial charge in [-0.2, -0.15) is 0 Å². The highest BCUT2D eigenvalue weighted by molar-refractivity contribution is 5.36. The predicted molar refractivity (Wildman–Crippen MR) is 85.6 cm³/mol. The van der Waals surface area contributed by atoms with E-state index in [0.29, 0.717) is 0 Å². The maximum Gasteiger partial charge on any atom is 0.0952 e. The molecule has 0 amide bonds. The van der Waals surface area contributed by atoms with Gasteiger partial charge in [0, 0.05) is 19.1 Å². The summed E-state index contributed by atoms with van der Waals surface area (Å²) in [6.07, 6.45) is 0.648. The van der Waals surface area contributed by atoms with E-state index in [1.807, 2.05) is 12.1 Å². The molecule has 0 saturated carbocycles. The third kappa shape index (κ3) is 2.45. The normalized spacial score (nSPS) is 28.5. The first-order chi connectivity index (χ1) is 10.8. The van der Waals surface area contributed by atoms with Crippen LogP contribution in [-0.4, -0.2) is 35.7 Å². The summed E-state index contributed by atoms with van der Waals surface area (Å²) in [5.74, 6) is 0. The molecule has 22 heavy (non-hydrogen) atoms. The van der Waals surface area contributed by atoms with Crippen LogP contribution in [0.4, 0.5) is 0 Å². The molecule has 0 spiro atoms. The monoisotopic (exact) mass is 295 g/mol. The fraction of sp³-hybridized carbons (Fsp3) is 0.368. The zero-order valence-corrected chi connectivity index (χ0v) is 12.6. The van der Waals surface area contributed by atoms with Gasteiger partial charge in [0.05, 0.1) is 18.8 Å². The molecule has 1 N–H and O–H groups in total. The van der Waals surface area contributed by atoms with Gasteiger partial charge in [-0.3, -0.25) is 4.90 Å². The molecule has 1 fully saturated rings. The molecule has 114 valence electrons. The predicted octanol–water partition coefficient (Wildman–Crippen LogP) is 2.72. The molecule has 1 saturated heterocycles. The molecule has 3 nitrogen and oxygen atoms in total. The van der Waals surface area contributed by atoms with Gasteiger partial charge in [-0.25, -0.2) is 0 Å². The first-order valence-electron chi connectivity index (χ1n) is 7.99. The van der Waals surface area contributed by atoms with Crippen LogP contribution in [0.15, 0.2) is 54.6 Å². The Hall–Kier alpha value is -1.68. The van der Waals surface area contributed by atoms with E-state index < -0.39 is 0 Å². The van der Waals surface area contributed by atoms with Crippen LogP contribution in [0.3, 0.4) is 0 Å². The van der Waals surface area contributed by atoms with Crippen LogP contribution < -0.4 is 0 Å². The van der Waals surface area contributed by atoms with Crippen molar-refractivity contribution in [2.75, 3.05) is 19.7 Å². The van der Waals surface area contributed by atoms with Crippen LogP contribution in [0, 0.1) is 0 Å². The third-order valence-corrected chi connectivity index (χ3v) is 4.91. The number of aliphatic hydroxyl groups excluding tert-OH is 1. The van der Waals surface area contributed by atoms with E-state index >= 15 is 0 Å². The molecule has 0 bridgehead atoms. The van der Waals surface area contributed by atoms with Crippen LogP contribution >= 0.6 is 0 Å². The van der Waals surface area contributed by atoms with Gasteiger partial charge in [-0.1, -0.05) is 54.6 Å². The smallest absolute Gasteiger partial charge is 0.0952 e. The minimum Gasteiger partial charge on any atom is -0.387 e. The molecule has 3 unspecified atom stereocenters. The fourth-order valence-electron chi connectivity index (χ4n) is 3.72. The van der Waals surface area contributed by atoms with Gasteiger partial charge in [0.15, 0.2) is 0 Å². The average Bonchev–Trinajstić information content (AvgIpc) is 2.93. The van der Waals surface area contributed by atoms with Crippen LogP contribution in [0.2, 0.25) is 0 Å². The van der Waals surface area contributed by atoms with Crippen molar-refractivity contribution >= 4 is 0 Å². The van der Waals surface area contributed by atoms with E-state index in [1.54, 1.807) is 0 Å². The van der Waals surface area contributed by atoms with Crippen molar-refractivity contribution in [3.8, 4) is 0 Å². The maximum absolute atomic E-state index is 10.7. The van der Waals surface area contributed by atoms with Crippen molar-refractivity contribution in [2.45, 2.75) is 24.7 Å². The molecule has 1 aliphatic carbocycles. The number of morpholine rings is 1. The van der Waals surface area contributed by atoms with Crippen molar-refractivity contribution in [1.82, 2.24) is 4.90 Å². The summed E-state index contributed by atoms with van der Waals surface area (Å²) in [4.78, 5) is 2.39. The lowest BCUT2D eigenvalue weighted by molar-refractivity contribution is -0.0633. The first-order valence-corrected chi connectivity index (χ1v) is 7.99. The number of aliphatic hydroxyl groups is 1. The van der Waals surface area contributed by atoms with E-state index in [4.69, 9.17) is 4.74 Å². The molecule has 1 heterocycles. The summed E-state index contributed by atoms with van der Waals surface area (Å²) in [7, 11) is 0. The van der Waals surface area contributed by atoms with Gasteiger partial charge in [0.25, 0.3) is 0 Å². The van der Waals surface area contributed by atoms with Crippen LogP contribution in [0.1, 0.15) is 28.9 Å². The van der Waals surface area contributed by atoms with Crippen molar-refractivity contribution in [1.29, 1.82) is 0 Å². The second kappa shape index (κ2) is 5.84. The summed E-state index contributed by atoms with van der Waals surface area (Å²) in [6, 6.07) is 18.8. The molecule has 1 aliphatic heterocycles. The Bertz CT molecular complexity index is 643. The number of benzene rings is 2. The minimum atomic E-state index is -0.384. The standard InChI is InChI=1S/C19H21NO2/c21-19-16-9-5-4-8-15(16)12-17(19)20-10-11-22-18(13-20)14-6-2-1-3-7-14/h1-9,17-19,21H,10-13H2. The molecule has 4 rings (SSSR count). The molecule has 3 atom stereocenters. The first kappa shape index (κ1) is 13.9. The van der Waals surface area contributed by atoms with Crippen molar-refractivity contribution in [3.63, 3.8) is 0 Å². The minimum absolute atomic E-state index is 0.103. The number of rotatable bonds is 2. The van der Waals surface area contributed by atoms with E-state index in [1.165, 1.54) is 11.1 Å². The van der Waals surface area contributed by atoms with Crippen LogP contribution in [0.5, 0.6) is 0 Å². The molecule has 0 aromatic heterocycles. The van der Waals surface area contributed by atoms with Crippen molar-refractivity contribution in [2.24, 2.45) is 0 Å². The molecular formula is C19H21NO2. The quantitative estimate of drug-likeness (QED) is 0.924. The largest absolute Gasteiger partial charge is 0.387 e. The van der Waals surface area contributed by atoms with E-state index in [2.05, 4.69) is 47.4 Å². The second-order valence-electron chi connectivity index (χ2n) is 6.18. The van der Waals surface area contributed by atoms with E-state index in [0.717, 1.165) is 31.7 Å². The Labute approximate surface area is 131 Å². The Morgan fingerprint density at radius 3 is 2.59 bits per heavy atom. The zero-order valence-electron chi connectivity index (χ0n) is 12.6. The second-order valence-corrected chi connectivity index (χ2v) is 6.18. The molecule has 2 aromatic carbocycles. The summed E-state index contributed by atoms with van der Waals surface area (Å²) < 4.78 is 5.94. The van der Waals surface area contributed by atoms with Gasteiger partial charge in [0.2, 0.25) is 0 Å². The number of hydrogen-bond donors (Lipinski definition) is 1. The fourth-order valence-corrected chi connectivity index (χ4v) is 3.72. The number of fused-ring (bicyclic) bond motifs is 1. The number of hydrogen-bond acceptors (Lipinski definition) is 3. The van der Waals surface area contributed by atoms with Crippen molar-refractivity contribution < 1.29 is 9.84 Å². The maximum atomic E-state index is 10.7. The SMILES string of the molecule is OC1c2ccccc2CC1N1CCOC(c2ccccc2)C1. The molecule has 2 aromatic rings. The van der Waals surface area contributed by atoms with Crippen LogP contribution in [-0.2, 0) is 11.2 Å². The summed E-state index contributed by atoms with van der Waals surface area (Å²) in [5, 5.41) is 10.7. The highest BCUT2D eigenvalue weighted by atomic mass is 16.5. The van der Waals surface area contributed by atoms with Gasteiger partial charge < -0.3 is 9.84 Å². The Morgan fingerprint density at radius 2 is 1.77 bits per heavy atom. The molecule has 3 heteroatoms. The Kier molecular flexibility index (Phi) is 3.70. The molecular weight excluding hydrogens is 274 g/mol. The lowest BCUT2D eigenvalue weighted by Crippen LogP contribution is -2.46. The van der Waals surface area contributed by atoms with Crippen LogP contribution in [0.25, 0.3) is 0 Å². The summed E-state index contributed by atoms with van der Waals surface area (Å²) in [5.41, 5.74) is 3.59. The average molecular weight is 295 g/mol. The van der Waals surface area contributed by atoms with Gasteiger partial charge in [-0.15, -0.1) is 0 Å². The number of nitrogens with zero attached hydrogens (tertiary/aromatic N) is 1. The highest BCUT2D eigenvalue weighted by Crippen LogP contribution is 2.36. The molecule has 0 radical (unpaired) electrons. The lowest BCUT2D eigenvalue weighted by Gasteiger charge is -2.38. The Morgan fingerprint density at radius 1 is 1.00 bits per heavy atom. The van der Waals surface area contributed by atoms with E-state index in [9.17, 15) is 5.11 Å².